The molecule has 0 radical (unpaired) electrons. The van der Waals surface area contributed by atoms with Gasteiger partial charge in [0.05, 0.1) is 11.1 Å². The third-order valence-corrected chi connectivity index (χ3v) is 2.19. The molecule has 0 saturated heterocycles. The number of carboxylic acid groups (broad SMARTS) is 1. The van der Waals surface area contributed by atoms with Gasteiger partial charge in [-0.25, -0.2) is 9.59 Å². The van der Waals surface area contributed by atoms with E-state index in [-0.39, 0.29) is 12.1 Å². The summed E-state index contributed by atoms with van der Waals surface area (Å²) >= 11 is 0. The van der Waals surface area contributed by atoms with Crippen molar-refractivity contribution in [2.24, 2.45) is 5.73 Å². The molecule has 0 aliphatic heterocycles. The predicted octanol–water partition coefficient (Wildman–Crippen LogP) is 1.80. The summed E-state index contributed by atoms with van der Waals surface area (Å²) in [7, 11) is 0. The number of rotatable bonds is 3. The highest BCUT2D eigenvalue weighted by atomic mass is 16.6. The zero-order valence-corrected chi connectivity index (χ0v) is 10.7. The average molecular weight is 251 g/mol. The van der Waals surface area contributed by atoms with Gasteiger partial charge in [0.2, 0.25) is 0 Å². The van der Waals surface area contributed by atoms with E-state index < -0.39 is 17.5 Å². The standard InChI is InChI=1S/C13H17NO4/c1-13(2,3)18-12(17)8-4-5-10(11(15)16)9(6-8)7-14/h4-6H,7,14H2,1-3H3,(H,15,16). The Labute approximate surface area is 106 Å². The van der Waals surface area contributed by atoms with Crippen LogP contribution >= 0.6 is 0 Å². The van der Waals surface area contributed by atoms with Gasteiger partial charge in [0.15, 0.2) is 0 Å². The largest absolute Gasteiger partial charge is 0.478 e. The van der Waals surface area contributed by atoms with Crippen LogP contribution in [-0.2, 0) is 11.3 Å². The molecule has 0 atom stereocenters. The molecule has 0 heterocycles. The summed E-state index contributed by atoms with van der Waals surface area (Å²) in [5.74, 6) is -1.56. The molecule has 1 rings (SSSR count). The van der Waals surface area contributed by atoms with Crippen molar-refractivity contribution >= 4 is 11.9 Å². The first-order valence-corrected chi connectivity index (χ1v) is 5.54. The second-order valence-corrected chi connectivity index (χ2v) is 4.88. The monoisotopic (exact) mass is 251 g/mol. The van der Waals surface area contributed by atoms with Crippen molar-refractivity contribution in [1.82, 2.24) is 0 Å². The van der Waals surface area contributed by atoms with Crippen molar-refractivity contribution in [2.75, 3.05) is 0 Å². The number of aromatic carboxylic acids is 1. The maximum atomic E-state index is 11.8. The second kappa shape index (κ2) is 5.18. The Balaban J connectivity index is 3.06. The topological polar surface area (TPSA) is 89.6 Å². The van der Waals surface area contributed by atoms with Crippen LogP contribution in [0.3, 0.4) is 0 Å². The highest BCUT2D eigenvalue weighted by Crippen LogP contribution is 2.16. The fraction of sp³-hybridized carbons (Fsp3) is 0.385. The van der Waals surface area contributed by atoms with Gasteiger partial charge in [-0.15, -0.1) is 0 Å². The Hall–Kier alpha value is -1.88. The van der Waals surface area contributed by atoms with Gasteiger partial charge in [-0.1, -0.05) is 0 Å². The van der Waals surface area contributed by atoms with E-state index in [1.54, 1.807) is 20.8 Å². The zero-order valence-electron chi connectivity index (χ0n) is 10.7. The number of carbonyl (C=O) groups excluding carboxylic acids is 1. The highest BCUT2D eigenvalue weighted by molar-refractivity contribution is 5.94. The van der Waals surface area contributed by atoms with Crippen molar-refractivity contribution < 1.29 is 19.4 Å². The van der Waals surface area contributed by atoms with E-state index >= 15 is 0 Å². The number of carbonyl (C=O) groups is 2. The van der Waals surface area contributed by atoms with Gasteiger partial charge in [-0.05, 0) is 44.5 Å². The molecule has 0 amide bonds. The summed E-state index contributed by atoms with van der Waals surface area (Å²) in [6.45, 7) is 5.35. The first-order valence-electron chi connectivity index (χ1n) is 5.54. The second-order valence-electron chi connectivity index (χ2n) is 4.88. The fourth-order valence-corrected chi connectivity index (χ4v) is 1.44. The molecule has 5 heteroatoms. The van der Waals surface area contributed by atoms with E-state index in [2.05, 4.69) is 0 Å². The number of benzene rings is 1. The van der Waals surface area contributed by atoms with Gasteiger partial charge in [-0.3, -0.25) is 0 Å². The smallest absolute Gasteiger partial charge is 0.338 e. The molecule has 98 valence electrons. The normalized spacial score (nSPS) is 11.1. The number of nitrogens with two attached hydrogens (primary N) is 1. The molecule has 0 saturated carbocycles. The lowest BCUT2D eigenvalue weighted by Crippen LogP contribution is -2.24. The van der Waals surface area contributed by atoms with Gasteiger partial charge in [-0.2, -0.15) is 0 Å². The lowest BCUT2D eigenvalue weighted by atomic mass is 10.0. The van der Waals surface area contributed by atoms with Gasteiger partial charge in [0.1, 0.15) is 5.60 Å². The summed E-state index contributed by atoms with van der Waals surface area (Å²) < 4.78 is 5.20. The van der Waals surface area contributed by atoms with Crippen LogP contribution in [0.25, 0.3) is 0 Å². The van der Waals surface area contributed by atoms with Gasteiger partial charge in [0, 0.05) is 6.54 Å². The molecule has 5 nitrogen and oxygen atoms in total. The Kier molecular flexibility index (Phi) is 4.08. The maximum Gasteiger partial charge on any atom is 0.338 e. The number of carboxylic acids is 1. The van der Waals surface area contributed by atoms with Crippen LogP contribution in [0.15, 0.2) is 18.2 Å². The summed E-state index contributed by atoms with van der Waals surface area (Å²) in [5.41, 5.74) is 5.69. The Morgan fingerprint density at radius 3 is 2.39 bits per heavy atom. The van der Waals surface area contributed by atoms with Crippen LogP contribution in [-0.4, -0.2) is 22.6 Å². The number of esters is 1. The van der Waals surface area contributed by atoms with Crippen LogP contribution in [0, 0.1) is 0 Å². The van der Waals surface area contributed by atoms with E-state index in [9.17, 15) is 9.59 Å². The minimum absolute atomic E-state index is 0.0538. The van der Waals surface area contributed by atoms with E-state index in [1.807, 2.05) is 0 Å². The maximum absolute atomic E-state index is 11.8. The number of hydrogen-bond donors (Lipinski definition) is 2. The van der Waals surface area contributed by atoms with E-state index in [4.69, 9.17) is 15.6 Å². The lowest BCUT2D eigenvalue weighted by molar-refractivity contribution is 0.00690. The van der Waals surface area contributed by atoms with Gasteiger partial charge >= 0.3 is 11.9 Å². The van der Waals surface area contributed by atoms with Crippen LogP contribution in [0.4, 0.5) is 0 Å². The third kappa shape index (κ3) is 3.56. The SMILES string of the molecule is CC(C)(C)OC(=O)c1ccc(C(=O)O)c(CN)c1. The van der Waals surface area contributed by atoms with Crippen molar-refractivity contribution in [3.05, 3.63) is 34.9 Å². The summed E-state index contributed by atoms with van der Waals surface area (Å²) in [5, 5.41) is 8.94. The number of ether oxygens (including phenoxy) is 1. The molecule has 18 heavy (non-hydrogen) atoms. The molecular formula is C13H17NO4. The van der Waals surface area contributed by atoms with Crippen molar-refractivity contribution in [3.8, 4) is 0 Å². The molecule has 1 aromatic rings. The zero-order chi connectivity index (χ0) is 13.9. The Bertz CT molecular complexity index is 474. The van der Waals surface area contributed by atoms with Gasteiger partial charge in [0.25, 0.3) is 0 Å². The molecular weight excluding hydrogens is 234 g/mol. The predicted molar refractivity (Wildman–Crippen MR) is 66.5 cm³/mol. The molecule has 1 aromatic carbocycles. The summed E-state index contributed by atoms with van der Waals surface area (Å²) in [6.07, 6.45) is 0. The van der Waals surface area contributed by atoms with E-state index in [0.717, 1.165) is 0 Å². The van der Waals surface area contributed by atoms with Crippen molar-refractivity contribution in [1.29, 1.82) is 0 Å². The quantitative estimate of drug-likeness (QED) is 0.799. The van der Waals surface area contributed by atoms with Crippen molar-refractivity contribution in [2.45, 2.75) is 32.9 Å². The summed E-state index contributed by atoms with van der Waals surface area (Å²) in [6, 6.07) is 4.25. The first-order chi connectivity index (χ1) is 8.24. The molecule has 0 aromatic heterocycles. The first kappa shape index (κ1) is 14.2. The van der Waals surface area contributed by atoms with Crippen molar-refractivity contribution in [3.63, 3.8) is 0 Å². The molecule has 3 N–H and O–H groups in total. The minimum atomic E-state index is -1.06. The third-order valence-electron chi connectivity index (χ3n) is 2.19. The molecule has 0 bridgehead atoms. The molecule has 0 aliphatic rings. The number of hydrogen-bond acceptors (Lipinski definition) is 4. The molecule has 0 spiro atoms. The van der Waals surface area contributed by atoms with Crippen LogP contribution in [0.5, 0.6) is 0 Å². The molecule has 0 unspecified atom stereocenters. The van der Waals surface area contributed by atoms with Crippen LogP contribution in [0.1, 0.15) is 47.1 Å². The van der Waals surface area contributed by atoms with E-state index in [1.165, 1.54) is 18.2 Å². The van der Waals surface area contributed by atoms with Gasteiger partial charge < -0.3 is 15.6 Å². The molecule has 0 fully saturated rings. The Morgan fingerprint density at radius 1 is 1.33 bits per heavy atom. The Morgan fingerprint density at radius 2 is 1.94 bits per heavy atom. The lowest BCUT2D eigenvalue weighted by Gasteiger charge is -2.19. The fourth-order valence-electron chi connectivity index (χ4n) is 1.44. The summed E-state index contributed by atoms with van der Waals surface area (Å²) in [4.78, 5) is 22.7. The average Bonchev–Trinajstić information content (AvgIpc) is 2.25. The van der Waals surface area contributed by atoms with Crippen LogP contribution < -0.4 is 5.73 Å². The highest BCUT2D eigenvalue weighted by Gasteiger charge is 2.19. The minimum Gasteiger partial charge on any atom is -0.478 e. The molecule has 0 aliphatic carbocycles. The van der Waals surface area contributed by atoms with E-state index in [0.29, 0.717) is 11.1 Å². The van der Waals surface area contributed by atoms with Crippen LogP contribution in [0.2, 0.25) is 0 Å².